The zero-order valence-electron chi connectivity index (χ0n) is 15.6. The number of nitrogens with zero attached hydrogens (tertiary/aromatic N) is 4. The first kappa shape index (κ1) is 18.1. The van der Waals surface area contributed by atoms with Crippen molar-refractivity contribution in [3.8, 4) is 0 Å². The summed E-state index contributed by atoms with van der Waals surface area (Å²) in [6.07, 6.45) is 2.97. The van der Waals surface area contributed by atoms with Crippen molar-refractivity contribution in [2.75, 3.05) is 38.2 Å². The normalized spacial score (nSPS) is 23.1. The van der Waals surface area contributed by atoms with Gasteiger partial charge >= 0.3 is 0 Å². The van der Waals surface area contributed by atoms with Gasteiger partial charge in [-0.3, -0.25) is 9.69 Å². The van der Waals surface area contributed by atoms with Crippen molar-refractivity contribution >= 4 is 11.7 Å². The number of rotatable bonds is 2. The van der Waals surface area contributed by atoms with Gasteiger partial charge in [0.05, 0.1) is 12.6 Å². The highest BCUT2D eigenvalue weighted by Gasteiger charge is 2.30. The summed E-state index contributed by atoms with van der Waals surface area (Å²) < 4.78 is 0. The third-order valence-corrected chi connectivity index (χ3v) is 5.74. The number of aliphatic hydroxyl groups is 1. The fraction of sp³-hybridized carbons (Fsp3) is 0.684. The van der Waals surface area contributed by atoms with E-state index in [4.69, 9.17) is 4.98 Å². The Bertz CT molecular complexity index is 613. The molecule has 1 saturated heterocycles. The van der Waals surface area contributed by atoms with Gasteiger partial charge in [-0.05, 0) is 32.3 Å². The van der Waals surface area contributed by atoms with Gasteiger partial charge in [-0.2, -0.15) is 0 Å². The molecule has 0 aromatic carbocycles. The lowest BCUT2D eigenvalue weighted by molar-refractivity contribution is -0.130. The van der Waals surface area contributed by atoms with Crippen LogP contribution in [0.2, 0.25) is 0 Å². The van der Waals surface area contributed by atoms with Crippen LogP contribution in [0.3, 0.4) is 0 Å². The van der Waals surface area contributed by atoms with Gasteiger partial charge in [0.1, 0.15) is 5.82 Å². The number of amides is 1. The third-order valence-electron chi connectivity index (χ3n) is 5.74. The average molecular weight is 346 g/mol. The summed E-state index contributed by atoms with van der Waals surface area (Å²) in [5.41, 5.74) is 2.23. The number of carbonyl (C=O) groups excluding carboxylic acids is 1. The average Bonchev–Trinajstić information content (AvgIpc) is 2.61. The predicted molar refractivity (Wildman–Crippen MR) is 98.6 cm³/mol. The minimum absolute atomic E-state index is 0.0909. The highest BCUT2D eigenvalue weighted by Crippen LogP contribution is 2.28. The summed E-state index contributed by atoms with van der Waals surface area (Å²) in [4.78, 5) is 22.9. The van der Waals surface area contributed by atoms with Gasteiger partial charge in [-0.25, -0.2) is 4.98 Å². The van der Waals surface area contributed by atoms with Crippen LogP contribution in [0.1, 0.15) is 37.4 Å². The number of fused-ring (bicyclic) bond motifs is 1. The fourth-order valence-corrected chi connectivity index (χ4v) is 4.05. The molecule has 1 fully saturated rings. The Hall–Kier alpha value is -1.66. The van der Waals surface area contributed by atoms with E-state index in [0.717, 1.165) is 57.0 Å². The Balaban J connectivity index is 1.80. The number of aryl methyl sites for hydroxylation is 1. The van der Waals surface area contributed by atoms with E-state index < -0.39 is 0 Å². The molecule has 1 amide bonds. The zero-order chi connectivity index (χ0) is 18.0. The van der Waals surface area contributed by atoms with Gasteiger partial charge in [-0.1, -0.05) is 6.07 Å². The van der Waals surface area contributed by atoms with Crippen molar-refractivity contribution in [3.05, 3.63) is 23.4 Å². The molecule has 1 aromatic heterocycles. The van der Waals surface area contributed by atoms with Crippen LogP contribution in [0.5, 0.6) is 0 Å². The number of aliphatic hydroxyl groups excluding tert-OH is 1. The van der Waals surface area contributed by atoms with E-state index in [-0.39, 0.29) is 18.6 Å². The molecule has 0 aliphatic carbocycles. The second-order valence-electron chi connectivity index (χ2n) is 7.38. The number of piperidine rings is 1. The number of hydrogen-bond acceptors (Lipinski definition) is 5. The zero-order valence-corrected chi connectivity index (χ0v) is 15.6. The lowest BCUT2D eigenvalue weighted by atomic mass is 9.99. The molecular weight excluding hydrogens is 316 g/mol. The van der Waals surface area contributed by atoms with Crippen LogP contribution in [0.15, 0.2) is 12.1 Å². The van der Waals surface area contributed by atoms with Crippen LogP contribution >= 0.6 is 0 Å². The van der Waals surface area contributed by atoms with Crippen LogP contribution in [-0.2, 0) is 11.3 Å². The van der Waals surface area contributed by atoms with E-state index in [9.17, 15) is 9.90 Å². The highest BCUT2D eigenvalue weighted by atomic mass is 16.3. The van der Waals surface area contributed by atoms with Gasteiger partial charge < -0.3 is 14.9 Å². The maximum absolute atomic E-state index is 11.6. The molecule has 0 radical (unpaired) electrons. The first-order valence-corrected chi connectivity index (χ1v) is 9.29. The standard InChI is InChI=1S/C19H30N4O2/c1-14-4-5-16-12-23(17-6-9-22(10-7-17)15(2)25)11-8-18(13-24)21(3)19(16)20-14/h4-5,17-18,24H,6-13H2,1-3H3. The number of carbonyl (C=O) groups is 1. The molecule has 2 aliphatic rings. The van der Waals surface area contributed by atoms with Gasteiger partial charge in [0.15, 0.2) is 0 Å². The number of likely N-dealkylation sites (N-methyl/N-ethyl adjacent to an activating group) is 1. The minimum atomic E-state index is 0.0909. The molecule has 3 heterocycles. The molecule has 25 heavy (non-hydrogen) atoms. The lowest BCUT2D eigenvalue weighted by Gasteiger charge is -2.41. The smallest absolute Gasteiger partial charge is 0.219 e. The van der Waals surface area contributed by atoms with Crippen molar-refractivity contribution in [3.63, 3.8) is 0 Å². The molecule has 1 aromatic rings. The monoisotopic (exact) mass is 346 g/mol. The van der Waals surface area contributed by atoms with Crippen LogP contribution in [0, 0.1) is 6.92 Å². The van der Waals surface area contributed by atoms with E-state index in [2.05, 4.69) is 21.9 Å². The quantitative estimate of drug-likeness (QED) is 0.877. The topological polar surface area (TPSA) is 59.9 Å². The second kappa shape index (κ2) is 7.70. The van der Waals surface area contributed by atoms with Crippen molar-refractivity contribution < 1.29 is 9.90 Å². The maximum atomic E-state index is 11.6. The van der Waals surface area contributed by atoms with E-state index in [0.29, 0.717) is 6.04 Å². The Labute approximate surface area is 150 Å². The number of aromatic nitrogens is 1. The first-order chi connectivity index (χ1) is 12.0. The number of hydrogen-bond donors (Lipinski definition) is 1. The molecule has 138 valence electrons. The summed E-state index contributed by atoms with van der Waals surface area (Å²) in [6, 6.07) is 4.82. The number of likely N-dealkylation sites (tertiary alicyclic amines) is 1. The highest BCUT2D eigenvalue weighted by molar-refractivity contribution is 5.73. The van der Waals surface area contributed by atoms with Crippen LogP contribution in [0.25, 0.3) is 0 Å². The number of pyridine rings is 1. The minimum Gasteiger partial charge on any atom is -0.394 e. The molecule has 6 nitrogen and oxygen atoms in total. The maximum Gasteiger partial charge on any atom is 0.219 e. The summed E-state index contributed by atoms with van der Waals surface area (Å²) in [5, 5.41) is 9.83. The lowest BCUT2D eigenvalue weighted by Crippen LogP contribution is -2.49. The molecule has 1 unspecified atom stereocenters. The Morgan fingerprint density at radius 3 is 2.60 bits per heavy atom. The van der Waals surface area contributed by atoms with Gasteiger partial charge in [0.25, 0.3) is 0 Å². The summed E-state index contributed by atoms with van der Waals surface area (Å²) >= 11 is 0. The summed E-state index contributed by atoms with van der Waals surface area (Å²) in [7, 11) is 2.03. The van der Waals surface area contributed by atoms with Gasteiger partial charge in [0.2, 0.25) is 5.91 Å². The van der Waals surface area contributed by atoms with Crippen LogP contribution < -0.4 is 4.90 Å². The largest absolute Gasteiger partial charge is 0.394 e. The molecule has 2 aliphatic heterocycles. The molecule has 3 rings (SSSR count). The van der Waals surface area contributed by atoms with Crippen molar-refractivity contribution in [1.82, 2.24) is 14.8 Å². The van der Waals surface area contributed by atoms with E-state index in [1.807, 2.05) is 18.9 Å². The summed E-state index contributed by atoms with van der Waals surface area (Å²) in [6.45, 7) is 7.35. The van der Waals surface area contributed by atoms with Crippen LogP contribution in [0.4, 0.5) is 5.82 Å². The molecule has 0 spiro atoms. The molecule has 6 heteroatoms. The SMILES string of the molecule is CC(=O)N1CCC(N2CCC(CO)N(C)c3nc(C)ccc3C2)CC1. The van der Waals surface area contributed by atoms with E-state index in [1.165, 1.54) is 5.56 Å². The predicted octanol–water partition coefficient (Wildman–Crippen LogP) is 1.40. The van der Waals surface area contributed by atoms with Crippen molar-refractivity contribution in [2.24, 2.45) is 0 Å². The Kier molecular flexibility index (Phi) is 5.59. The third kappa shape index (κ3) is 3.96. The van der Waals surface area contributed by atoms with E-state index >= 15 is 0 Å². The Morgan fingerprint density at radius 2 is 1.96 bits per heavy atom. The molecule has 0 saturated carbocycles. The van der Waals surface area contributed by atoms with Crippen LogP contribution in [-0.4, -0.2) is 71.2 Å². The fourth-order valence-electron chi connectivity index (χ4n) is 4.05. The van der Waals surface area contributed by atoms with E-state index in [1.54, 1.807) is 6.92 Å². The van der Waals surface area contributed by atoms with Gasteiger partial charge in [-0.15, -0.1) is 0 Å². The Morgan fingerprint density at radius 1 is 1.24 bits per heavy atom. The first-order valence-electron chi connectivity index (χ1n) is 9.29. The molecular formula is C19H30N4O2. The van der Waals surface area contributed by atoms with Crippen molar-refractivity contribution in [1.29, 1.82) is 0 Å². The van der Waals surface area contributed by atoms with Gasteiger partial charge in [0, 0.05) is 57.4 Å². The molecule has 0 bridgehead atoms. The second-order valence-corrected chi connectivity index (χ2v) is 7.38. The van der Waals surface area contributed by atoms with Crippen molar-refractivity contribution in [2.45, 2.75) is 51.7 Å². The summed E-state index contributed by atoms with van der Waals surface area (Å²) in [5.74, 6) is 1.17. The molecule has 1 N–H and O–H groups in total. The number of anilines is 1. The molecule has 1 atom stereocenters.